The number of hydrogen-bond donors (Lipinski definition) is 2. The molecule has 0 amide bonds. The molecule has 0 radical (unpaired) electrons. The van der Waals surface area contributed by atoms with E-state index in [0.29, 0.717) is 10.4 Å². The Bertz CT molecular complexity index is 777. The molecule has 0 saturated carbocycles. The van der Waals surface area contributed by atoms with E-state index in [1.165, 1.54) is 6.20 Å². The lowest BCUT2D eigenvalue weighted by molar-refractivity contribution is 0.0699. The first-order valence-corrected chi connectivity index (χ1v) is 6.14. The van der Waals surface area contributed by atoms with Crippen molar-refractivity contribution in [3.05, 3.63) is 59.2 Å². The predicted molar refractivity (Wildman–Crippen MR) is 75.7 cm³/mol. The van der Waals surface area contributed by atoms with Gasteiger partial charge in [0.1, 0.15) is 0 Å². The Hall–Kier alpha value is -2.26. The van der Waals surface area contributed by atoms with Crippen LogP contribution >= 0.6 is 11.6 Å². The van der Waals surface area contributed by atoms with Gasteiger partial charge in [-0.3, -0.25) is 0 Å². The maximum Gasteiger partial charge on any atom is 0.337 e. The number of aromatic carboxylic acids is 1. The molecular weight excluding hydrogens is 262 g/mol. The molecule has 4 heteroatoms. The summed E-state index contributed by atoms with van der Waals surface area (Å²) in [6.07, 6.45) is 1.50. The number of carbonyl (C=O) groups is 1. The van der Waals surface area contributed by atoms with Crippen molar-refractivity contribution in [1.29, 1.82) is 0 Å². The minimum atomic E-state index is -0.942. The number of carboxylic acids is 1. The van der Waals surface area contributed by atoms with Crippen LogP contribution in [0.3, 0.4) is 0 Å². The van der Waals surface area contributed by atoms with Gasteiger partial charge in [0, 0.05) is 27.7 Å². The van der Waals surface area contributed by atoms with E-state index in [4.69, 9.17) is 16.7 Å². The summed E-state index contributed by atoms with van der Waals surface area (Å²) in [5.41, 5.74) is 2.86. The highest BCUT2D eigenvalue weighted by molar-refractivity contribution is 6.33. The SMILES string of the molecule is O=C(O)c1c[nH]c2ccc(-c3ccccc3Cl)cc12. The zero-order valence-electron chi connectivity index (χ0n) is 9.85. The highest BCUT2D eigenvalue weighted by atomic mass is 35.5. The lowest BCUT2D eigenvalue weighted by Crippen LogP contribution is -1.93. The Morgan fingerprint density at radius 1 is 1.16 bits per heavy atom. The molecule has 2 aromatic carbocycles. The number of aromatic amines is 1. The molecule has 0 atom stereocenters. The summed E-state index contributed by atoms with van der Waals surface area (Å²) in [5.74, 6) is -0.942. The Balaban J connectivity index is 2.24. The molecule has 19 heavy (non-hydrogen) atoms. The van der Waals surface area contributed by atoms with Crippen LogP contribution in [-0.4, -0.2) is 16.1 Å². The summed E-state index contributed by atoms with van der Waals surface area (Å²) in [4.78, 5) is 14.1. The van der Waals surface area contributed by atoms with Crippen LogP contribution in [-0.2, 0) is 0 Å². The van der Waals surface area contributed by atoms with Crippen LogP contribution in [0.4, 0.5) is 0 Å². The first-order chi connectivity index (χ1) is 9.16. The molecule has 3 nitrogen and oxygen atoms in total. The van der Waals surface area contributed by atoms with E-state index in [1.54, 1.807) is 0 Å². The van der Waals surface area contributed by atoms with Gasteiger partial charge >= 0.3 is 5.97 Å². The van der Waals surface area contributed by atoms with Crippen LogP contribution in [0, 0.1) is 0 Å². The second-order valence-electron chi connectivity index (χ2n) is 4.25. The number of rotatable bonds is 2. The number of fused-ring (bicyclic) bond motifs is 1. The number of hydrogen-bond acceptors (Lipinski definition) is 1. The number of carboxylic acid groups (broad SMARTS) is 1. The molecule has 0 spiro atoms. The number of H-pyrrole nitrogens is 1. The van der Waals surface area contributed by atoms with Gasteiger partial charge in [-0.05, 0) is 23.8 Å². The molecular formula is C15H10ClNO2. The fourth-order valence-corrected chi connectivity index (χ4v) is 2.41. The van der Waals surface area contributed by atoms with Crippen LogP contribution in [0.15, 0.2) is 48.7 Å². The van der Waals surface area contributed by atoms with E-state index in [-0.39, 0.29) is 5.56 Å². The largest absolute Gasteiger partial charge is 0.478 e. The highest BCUT2D eigenvalue weighted by Gasteiger charge is 2.12. The van der Waals surface area contributed by atoms with Crippen molar-refractivity contribution in [1.82, 2.24) is 4.98 Å². The Morgan fingerprint density at radius 2 is 1.95 bits per heavy atom. The van der Waals surface area contributed by atoms with Crippen molar-refractivity contribution in [2.75, 3.05) is 0 Å². The molecule has 0 aliphatic rings. The zero-order chi connectivity index (χ0) is 13.4. The van der Waals surface area contributed by atoms with Gasteiger partial charge in [0.15, 0.2) is 0 Å². The van der Waals surface area contributed by atoms with Crippen molar-refractivity contribution in [3.63, 3.8) is 0 Å². The molecule has 0 bridgehead atoms. The molecule has 0 aliphatic carbocycles. The van der Waals surface area contributed by atoms with E-state index < -0.39 is 5.97 Å². The molecule has 0 unspecified atom stereocenters. The standard InChI is InChI=1S/C15H10ClNO2/c16-13-4-2-1-3-10(13)9-5-6-14-11(7-9)12(8-17-14)15(18)19/h1-8,17H,(H,18,19). The van der Waals surface area contributed by atoms with Crippen molar-refractivity contribution < 1.29 is 9.90 Å². The molecule has 3 aromatic rings. The highest BCUT2D eigenvalue weighted by Crippen LogP contribution is 2.30. The Labute approximate surface area is 114 Å². The van der Waals surface area contributed by atoms with E-state index in [9.17, 15) is 4.79 Å². The average molecular weight is 272 g/mol. The van der Waals surface area contributed by atoms with Gasteiger partial charge in [0.25, 0.3) is 0 Å². The van der Waals surface area contributed by atoms with Crippen molar-refractivity contribution in [2.24, 2.45) is 0 Å². The molecule has 1 aromatic heterocycles. The second-order valence-corrected chi connectivity index (χ2v) is 4.65. The van der Waals surface area contributed by atoms with Gasteiger partial charge in [-0.15, -0.1) is 0 Å². The molecule has 1 heterocycles. The Kier molecular flexibility index (Phi) is 2.76. The van der Waals surface area contributed by atoms with E-state index in [2.05, 4.69) is 4.98 Å². The first kappa shape index (κ1) is 11.8. The maximum absolute atomic E-state index is 11.1. The van der Waals surface area contributed by atoms with Gasteiger partial charge < -0.3 is 10.1 Å². The fraction of sp³-hybridized carbons (Fsp3) is 0. The van der Waals surface area contributed by atoms with E-state index in [1.807, 2.05) is 42.5 Å². The maximum atomic E-state index is 11.1. The van der Waals surface area contributed by atoms with E-state index >= 15 is 0 Å². The zero-order valence-corrected chi connectivity index (χ0v) is 10.6. The summed E-state index contributed by atoms with van der Waals surface area (Å²) >= 11 is 6.16. The van der Waals surface area contributed by atoms with Gasteiger partial charge in [-0.25, -0.2) is 4.79 Å². The molecule has 0 aliphatic heterocycles. The van der Waals surface area contributed by atoms with Crippen LogP contribution in [0.5, 0.6) is 0 Å². The van der Waals surface area contributed by atoms with Gasteiger partial charge in [-0.1, -0.05) is 35.9 Å². The van der Waals surface area contributed by atoms with E-state index in [0.717, 1.165) is 16.6 Å². The van der Waals surface area contributed by atoms with Crippen LogP contribution < -0.4 is 0 Å². The third-order valence-electron chi connectivity index (χ3n) is 3.10. The summed E-state index contributed by atoms with van der Waals surface area (Å²) < 4.78 is 0. The molecule has 2 N–H and O–H groups in total. The monoisotopic (exact) mass is 271 g/mol. The lowest BCUT2D eigenvalue weighted by atomic mass is 10.0. The molecule has 3 rings (SSSR count). The summed E-state index contributed by atoms with van der Waals surface area (Å²) in [5, 5.41) is 10.5. The minimum Gasteiger partial charge on any atom is -0.478 e. The lowest BCUT2D eigenvalue weighted by Gasteiger charge is -2.04. The summed E-state index contributed by atoms with van der Waals surface area (Å²) in [6.45, 7) is 0. The topological polar surface area (TPSA) is 53.1 Å². The third-order valence-corrected chi connectivity index (χ3v) is 3.43. The number of benzene rings is 2. The van der Waals surface area contributed by atoms with Crippen LogP contribution in [0.25, 0.3) is 22.0 Å². The quantitative estimate of drug-likeness (QED) is 0.734. The Morgan fingerprint density at radius 3 is 2.68 bits per heavy atom. The van der Waals surface area contributed by atoms with Crippen LogP contribution in [0.2, 0.25) is 5.02 Å². The molecule has 0 fully saturated rings. The van der Waals surface area contributed by atoms with Crippen molar-refractivity contribution in [3.8, 4) is 11.1 Å². The number of aromatic nitrogens is 1. The van der Waals surface area contributed by atoms with Gasteiger partial charge in [0.05, 0.1) is 5.56 Å². The predicted octanol–water partition coefficient (Wildman–Crippen LogP) is 4.19. The molecule has 94 valence electrons. The van der Waals surface area contributed by atoms with Crippen molar-refractivity contribution >= 4 is 28.5 Å². The van der Waals surface area contributed by atoms with Gasteiger partial charge in [0.2, 0.25) is 0 Å². The number of nitrogens with one attached hydrogen (secondary N) is 1. The normalized spacial score (nSPS) is 10.8. The third kappa shape index (κ3) is 1.98. The fourth-order valence-electron chi connectivity index (χ4n) is 2.16. The summed E-state index contributed by atoms with van der Waals surface area (Å²) in [7, 11) is 0. The average Bonchev–Trinajstić information content (AvgIpc) is 2.82. The smallest absolute Gasteiger partial charge is 0.337 e. The van der Waals surface area contributed by atoms with Crippen molar-refractivity contribution in [2.45, 2.75) is 0 Å². The van der Waals surface area contributed by atoms with Crippen LogP contribution in [0.1, 0.15) is 10.4 Å². The number of halogens is 1. The minimum absolute atomic E-state index is 0.268. The van der Waals surface area contributed by atoms with Gasteiger partial charge in [-0.2, -0.15) is 0 Å². The summed E-state index contributed by atoms with van der Waals surface area (Å²) in [6, 6.07) is 13.1. The second kappa shape index (κ2) is 4.44. The first-order valence-electron chi connectivity index (χ1n) is 5.76. The molecule has 0 saturated heterocycles.